The van der Waals surface area contributed by atoms with Crippen molar-refractivity contribution in [3.05, 3.63) is 0 Å². The smallest absolute Gasteiger partial charge is 0.0821 e. The van der Waals surface area contributed by atoms with Crippen molar-refractivity contribution in [1.29, 1.82) is 0 Å². The van der Waals surface area contributed by atoms with Crippen LogP contribution in [0.25, 0.3) is 0 Å². The molecule has 15 heavy (non-hydrogen) atoms. The Morgan fingerprint density at radius 1 is 1.47 bits per heavy atom. The lowest BCUT2D eigenvalue weighted by atomic mass is 9.88. The van der Waals surface area contributed by atoms with Gasteiger partial charge < -0.3 is 10.5 Å². The minimum Gasteiger partial charge on any atom is -0.374 e. The number of piperidine rings is 1. The Morgan fingerprint density at radius 3 is 2.73 bits per heavy atom. The molecule has 1 atom stereocenters. The second-order valence-electron chi connectivity index (χ2n) is 4.82. The van der Waals surface area contributed by atoms with Crippen molar-refractivity contribution in [1.82, 2.24) is 4.90 Å². The van der Waals surface area contributed by atoms with E-state index in [1.165, 1.54) is 19.4 Å². The fourth-order valence-electron chi connectivity index (χ4n) is 2.54. The van der Waals surface area contributed by atoms with Gasteiger partial charge in [-0.3, -0.25) is 4.90 Å². The van der Waals surface area contributed by atoms with Crippen LogP contribution in [0, 0.1) is 0 Å². The molecule has 0 amide bonds. The van der Waals surface area contributed by atoms with Crippen LogP contribution in [-0.4, -0.2) is 42.8 Å². The predicted molar refractivity (Wildman–Crippen MR) is 64.0 cm³/mol. The SMILES string of the molecule is CCOC1(CCN)CCCN(C(C)C)C1. The van der Waals surface area contributed by atoms with E-state index >= 15 is 0 Å². The second kappa shape index (κ2) is 5.83. The van der Waals surface area contributed by atoms with Crippen molar-refractivity contribution in [2.75, 3.05) is 26.2 Å². The van der Waals surface area contributed by atoms with E-state index in [4.69, 9.17) is 10.5 Å². The van der Waals surface area contributed by atoms with Gasteiger partial charge in [0.05, 0.1) is 5.60 Å². The lowest BCUT2D eigenvalue weighted by molar-refractivity contribution is -0.0945. The highest BCUT2D eigenvalue weighted by Gasteiger charge is 2.35. The van der Waals surface area contributed by atoms with E-state index in [0.717, 1.165) is 26.1 Å². The fourth-order valence-corrected chi connectivity index (χ4v) is 2.54. The second-order valence-corrected chi connectivity index (χ2v) is 4.82. The quantitative estimate of drug-likeness (QED) is 0.755. The van der Waals surface area contributed by atoms with Gasteiger partial charge in [0.25, 0.3) is 0 Å². The number of likely N-dealkylation sites (tertiary alicyclic amines) is 1. The maximum absolute atomic E-state index is 5.97. The molecule has 1 heterocycles. The molecular weight excluding hydrogens is 188 g/mol. The number of hydrogen-bond acceptors (Lipinski definition) is 3. The van der Waals surface area contributed by atoms with Crippen LogP contribution >= 0.6 is 0 Å². The summed E-state index contributed by atoms with van der Waals surface area (Å²) in [5, 5.41) is 0. The highest BCUT2D eigenvalue weighted by atomic mass is 16.5. The van der Waals surface area contributed by atoms with E-state index in [-0.39, 0.29) is 5.60 Å². The summed E-state index contributed by atoms with van der Waals surface area (Å²) in [5.41, 5.74) is 5.73. The number of nitrogens with two attached hydrogens (primary N) is 1. The van der Waals surface area contributed by atoms with Crippen LogP contribution in [0.1, 0.15) is 40.0 Å². The van der Waals surface area contributed by atoms with Gasteiger partial charge in [-0.05, 0) is 53.1 Å². The van der Waals surface area contributed by atoms with Gasteiger partial charge in [-0.1, -0.05) is 0 Å². The van der Waals surface area contributed by atoms with Crippen molar-refractivity contribution < 1.29 is 4.74 Å². The minimum atomic E-state index is 0.0337. The first kappa shape index (κ1) is 12.9. The fraction of sp³-hybridized carbons (Fsp3) is 1.00. The summed E-state index contributed by atoms with van der Waals surface area (Å²) in [6.07, 6.45) is 3.39. The molecule has 1 aliphatic heterocycles. The zero-order chi connectivity index (χ0) is 11.3. The molecule has 90 valence electrons. The topological polar surface area (TPSA) is 38.5 Å². The molecule has 0 radical (unpaired) electrons. The summed E-state index contributed by atoms with van der Waals surface area (Å²) in [4.78, 5) is 2.51. The first-order valence-corrected chi connectivity index (χ1v) is 6.21. The molecule has 0 aliphatic carbocycles. The summed E-state index contributed by atoms with van der Waals surface area (Å²) >= 11 is 0. The van der Waals surface area contributed by atoms with Gasteiger partial charge in [-0.25, -0.2) is 0 Å². The van der Waals surface area contributed by atoms with Gasteiger partial charge in [0, 0.05) is 19.2 Å². The van der Waals surface area contributed by atoms with E-state index < -0.39 is 0 Å². The van der Waals surface area contributed by atoms with Crippen molar-refractivity contribution >= 4 is 0 Å². The highest BCUT2D eigenvalue weighted by Crippen LogP contribution is 2.29. The molecular formula is C12H26N2O. The van der Waals surface area contributed by atoms with E-state index in [1.807, 2.05) is 0 Å². The zero-order valence-electron chi connectivity index (χ0n) is 10.5. The summed E-state index contributed by atoms with van der Waals surface area (Å²) in [6.45, 7) is 10.4. The predicted octanol–water partition coefficient (Wildman–Crippen LogP) is 1.61. The first-order valence-electron chi connectivity index (χ1n) is 6.21. The molecule has 0 aromatic carbocycles. The third-order valence-electron chi connectivity index (χ3n) is 3.35. The summed E-state index contributed by atoms with van der Waals surface area (Å²) in [7, 11) is 0. The Morgan fingerprint density at radius 2 is 2.20 bits per heavy atom. The molecule has 0 spiro atoms. The lowest BCUT2D eigenvalue weighted by Gasteiger charge is -2.44. The molecule has 1 aliphatic rings. The molecule has 0 saturated carbocycles. The number of rotatable bonds is 5. The standard InChI is InChI=1S/C12H26N2O/c1-4-15-12(7-8-13)6-5-9-14(10-12)11(2)3/h11H,4-10,13H2,1-3H3. The Labute approximate surface area is 94.0 Å². The number of ether oxygens (including phenoxy) is 1. The molecule has 1 fully saturated rings. The normalized spacial score (nSPS) is 28.6. The average Bonchev–Trinajstić information content (AvgIpc) is 2.18. The number of hydrogen-bond donors (Lipinski definition) is 1. The number of nitrogens with zero attached hydrogens (tertiary/aromatic N) is 1. The molecule has 0 aromatic rings. The van der Waals surface area contributed by atoms with Crippen LogP contribution in [-0.2, 0) is 4.74 Å². The van der Waals surface area contributed by atoms with Gasteiger partial charge in [-0.2, -0.15) is 0 Å². The minimum absolute atomic E-state index is 0.0337. The Bertz CT molecular complexity index is 171. The summed E-state index contributed by atoms with van der Waals surface area (Å²) in [5.74, 6) is 0. The van der Waals surface area contributed by atoms with Gasteiger partial charge in [-0.15, -0.1) is 0 Å². The van der Waals surface area contributed by atoms with Crippen LogP contribution in [0.4, 0.5) is 0 Å². The van der Waals surface area contributed by atoms with Gasteiger partial charge in [0.1, 0.15) is 0 Å². The monoisotopic (exact) mass is 214 g/mol. The first-order chi connectivity index (χ1) is 7.13. The maximum atomic E-state index is 5.97. The van der Waals surface area contributed by atoms with E-state index in [1.54, 1.807) is 0 Å². The Hall–Kier alpha value is -0.120. The molecule has 1 unspecified atom stereocenters. The molecule has 3 nitrogen and oxygen atoms in total. The molecule has 2 N–H and O–H groups in total. The van der Waals surface area contributed by atoms with E-state index in [9.17, 15) is 0 Å². The largest absolute Gasteiger partial charge is 0.374 e. The van der Waals surface area contributed by atoms with Crippen LogP contribution in [0.3, 0.4) is 0 Å². The van der Waals surface area contributed by atoms with E-state index in [2.05, 4.69) is 25.7 Å². The molecule has 1 saturated heterocycles. The zero-order valence-corrected chi connectivity index (χ0v) is 10.5. The summed E-state index contributed by atoms with van der Waals surface area (Å²) in [6, 6.07) is 0.614. The van der Waals surface area contributed by atoms with E-state index in [0.29, 0.717) is 6.04 Å². The molecule has 3 heteroatoms. The van der Waals surface area contributed by atoms with Crippen molar-refractivity contribution in [3.63, 3.8) is 0 Å². The van der Waals surface area contributed by atoms with Crippen LogP contribution in [0.2, 0.25) is 0 Å². The van der Waals surface area contributed by atoms with Crippen LogP contribution in [0.5, 0.6) is 0 Å². The third-order valence-corrected chi connectivity index (χ3v) is 3.35. The maximum Gasteiger partial charge on any atom is 0.0821 e. The Balaban J connectivity index is 2.61. The van der Waals surface area contributed by atoms with Crippen molar-refractivity contribution in [2.24, 2.45) is 5.73 Å². The Kier molecular flexibility index (Phi) is 5.03. The lowest BCUT2D eigenvalue weighted by Crippen LogP contribution is -2.52. The molecule has 1 rings (SSSR count). The highest BCUT2D eigenvalue weighted by molar-refractivity contribution is 4.90. The molecule has 0 aromatic heterocycles. The average molecular weight is 214 g/mol. The van der Waals surface area contributed by atoms with Crippen LogP contribution in [0.15, 0.2) is 0 Å². The van der Waals surface area contributed by atoms with Crippen molar-refractivity contribution in [3.8, 4) is 0 Å². The van der Waals surface area contributed by atoms with Gasteiger partial charge in [0.15, 0.2) is 0 Å². The van der Waals surface area contributed by atoms with Crippen LogP contribution < -0.4 is 5.73 Å². The van der Waals surface area contributed by atoms with Crippen molar-refractivity contribution in [2.45, 2.75) is 51.7 Å². The third kappa shape index (κ3) is 3.44. The summed E-state index contributed by atoms with van der Waals surface area (Å²) < 4.78 is 5.97. The van der Waals surface area contributed by atoms with Gasteiger partial charge >= 0.3 is 0 Å². The molecule has 0 bridgehead atoms. The van der Waals surface area contributed by atoms with Gasteiger partial charge in [0.2, 0.25) is 0 Å².